The molecule has 5 nitrogen and oxygen atoms in total. The molecule has 5 heteroatoms. The van der Waals surface area contributed by atoms with Crippen LogP contribution in [-0.2, 0) is 9.59 Å². The lowest BCUT2D eigenvalue weighted by atomic mass is 10.0. The highest BCUT2D eigenvalue weighted by molar-refractivity contribution is 5.85. The summed E-state index contributed by atoms with van der Waals surface area (Å²) in [6.45, 7) is 3.57. The second-order valence-corrected chi connectivity index (χ2v) is 4.95. The summed E-state index contributed by atoms with van der Waals surface area (Å²) in [6.07, 6.45) is 3.62. The van der Waals surface area contributed by atoms with Gasteiger partial charge in [0.05, 0.1) is 19.1 Å². The Hall–Kier alpha value is -1.10. The van der Waals surface area contributed by atoms with Crippen LogP contribution < -0.4 is 0 Å². The molecule has 0 aromatic carbocycles. The van der Waals surface area contributed by atoms with Gasteiger partial charge in [0, 0.05) is 20.1 Å². The summed E-state index contributed by atoms with van der Waals surface area (Å²) >= 11 is 0. The minimum atomic E-state index is -0.369. The van der Waals surface area contributed by atoms with Crippen molar-refractivity contribution >= 4 is 11.8 Å². The molecular weight excluding hydrogens is 232 g/mol. The number of aliphatic hydroxyl groups excluding tert-OH is 1. The number of amides is 2. The molecule has 0 aromatic heterocycles. The summed E-state index contributed by atoms with van der Waals surface area (Å²) < 4.78 is 0. The molecule has 0 spiro atoms. The Morgan fingerprint density at radius 2 is 1.94 bits per heavy atom. The third-order valence-corrected chi connectivity index (χ3v) is 3.41. The van der Waals surface area contributed by atoms with Gasteiger partial charge in [0.1, 0.15) is 0 Å². The van der Waals surface area contributed by atoms with E-state index in [-0.39, 0.29) is 30.9 Å². The molecule has 1 N–H and O–H groups in total. The predicted molar refractivity (Wildman–Crippen MR) is 68.9 cm³/mol. The first-order chi connectivity index (χ1) is 8.60. The molecular formula is C13H24N2O3. The number of hydrogen-bond donors (Lipinski definition) is 1. The zero-order chi connectivity index (χ0) is 13.5. The van der Waals surface area contributed by atoms with Crippen LogP contribution in [0.2, 0.25) is 0 Å². The molecule has 1 atom stereocenters. The van der Waals surface area contributed by atoms with E-state index in [1.54, 1.807) is 11.9 Å². The molecule has 1 heterocycles. The smallest absolute Gasteiger partial charge is 0.242 e. The lowest BCUT2D eigenvalue weighted by Gasteiger charge is -2.24. The molecule has 1 unspecified atom stereocenters. The third kappa shape index (κ3) is 3.98. The summed E-state index contributed by atoms with van der Waals surface area (Å²) in [4.78, 5) is 27.2. The average Bonchev–Trinajstić information content (AvgIpc) is 2.88. The molecule has 2 amide bonds. The molecule has 0 aromatic rings. The van der Waals surface area contributed by atoms with E-state index in [0.29, 0.717) is 6.42 Å². The number of aliphatic hydroxyl groups is 1. The Labute approximate surface area is 109 Å². The molecule has 1 fully saturated rings. The molecule has 0 aliphatic carbocycles. The lowest BCUT2D eigenvalue weighted by Crippen LogP contribution is -2.42. The Balaban J connectivity index is 2.45. The SMILES string of the molecule is CCCC(CO)C(=O)N(C)CC(=O)N1CCCC1. The summed E-state index contributed by atoms with van der Waals surface area (Å²) in [5.41, 5.74) is 0. The van der Waals surface area contributed by atoms with Crippen molar-refractivity contribution in [1.29, 1.82) is 0 Å². The fourth-order valence-electron chi connectivity index (χ4n) is 2.30. The highest BCUT2D eigenvalue weighted by atomic mass is 16.3. The van der Waals surface area contributed by atoms with Crippen LogP contribution in [0.25, 0.3) is 0 Å². The van der Waals surface area contributed by atoms with Crippen LogP contribution >= 0.6 is 0 Å². The van der Waals surface area contributed by atoms with Gasteiger partial charge in [-0.25, -0.2) is 0 Å². The van der Waals surface area contributed by atoms with Gasteiger partial charge in [-0.05, 0) is 19.3 Å². The van der Waals surface area contributed by atoms with Crippen molar-refractivity contribution < 1.29 is 14.7 Å². The average molecular weight is 256 g/mol. The zero-order valence-corrected chi connectivity index (χ0v) is 11.4. The number of likely N-dealkylation sites (N-methyl/N-ethyl adjacent to an activating group) is 1. The molecule has 1 aliphatic heterocycles. The maximum atomic E-state index is 12.0. The van der Waals surface area contributed by atoms with Crippen LogP contribution in [0.5, 0.6) is 0 Å². The Bertz CT molecular complexity index is 288. The van der Waals surface area contributed by atoms with E-state index in [1.165, 1.54) is 4.90 Å². The number of nitrogens with zero attached hydrogens (tertiary/aromatic N) is 2. The number of hydrogen-bond acceptors (Lipinski definition) is 3. The zero-order valence-electron chi connectivity index (χ0n) is 11.4. The van der Waals surface area contributed by atoms with Crippen LogP contribution in [0.4, 0.5) is 0 Å². The summed E-state index contributed by atoms with van der Waals surface area (Å²) in [5, 5.41) is 9.18. The molecule has 0 bridgehead atoms. The number of likely N-dealkylation sites (tertiary alicyclic amines) is 1. The van der Waals surface area contributed by atoms with E-state index >= 15 is 0 Å². The van der Waals surface area contributed by atoms with Crippen LogP contribution in [0, 0.1) is 5.92 Å². The summed E-state index contributed by atoms with van der Waals surface area (Å²) in [7, 11) is 1.63. The van der Waals surface area contributed by atoms with Gasteiger partial charge in [-0.2, -0.15) is 0 Å². The molecule has 1 rings (SSSR count). The van der Waals surface area contributed by atoms with Crippen LogP contribution in [-0.4, -0.2) is 60.0 Å². The van der Waals surface area contributed by atoms with Crippen LogP contribution in [0.3, 0.4) is 0 Å². The minimum Gasteiger partial charge on any atom is -0.396 e. The van der Waals surface area contributed by atoms with Gasteiger partial charge in [0.15, 0.2) is 0 Å². The predicted octanol–water partition coefficient (Wildman–Crippen LogP) is 0.476. The van der Waals surface area contributed by atoms with Crippen molar-refractivity contribution in [2.24, 2.45) is 5.92 Å². The second kappa shape index (κ2) is 7.36. The topological polar surface area (TPSA) is 60.9 Å². The maximum absolute atomic E-state index is 12.0. The normalized spacial score (nSPS) is 16.7. The second-order valence-electron chi connectivity index (χ2n) is 4.95. The van der Waals surface area contributed by atoms with E-state index in [1.807, 2.05) is 6.92 Å². The van der Waals surface area contributed by atoms with Crippen molar-refractivity contribution in [3.63, 3.8) is 0 Å². The molecule has 1 saturated heterocycles. The van der Waals surface area contributed by atoms with Crippen molar-refractivity contribution in [2.45, 2.75) is 32.6 Å². The van der Waals surface area contributed by atoms with E-state index in [4.69, 9.17) is 0 Å². The first kappa shape index (κ1) is 15.0. The van der Waals surface area contributed by atoms with Gasteiger partial charge >= 0.3 is 0 Å². The van der Waals surface area contributed by atoms with Gasteiger partial charge in [0.25, 0.3) is 0 Å². The number of carbonyl (C=O) groups excluding carboxylic acids is 2. The summed E-state index contributed by atoms with van der Waals surface area (Å²) in [5.74, 6) is -0.491. The van der Waals surface area contributed by atoms with Gasteiger partial charge in [-0.3, -0.25) is 9.59 Å². The maximum Gasteiger partial charge on any atom is 0.242 e. The van der Waals surface area contributed by atoms with Crippen molar-refractivity contribution in [3.05, 3.63) is 0 Å². The lowest BCUT2D eigenvalue weighted by molar-refractivity contribution is -0.142. The Morgan fingerprint density at radius 3 is 2.44 bits per heavy atom. The van der Waals surface area contributed by atoms with Gasteiger partial charge < -0.3 is 14.9 Å². The number of carbonyl (C=O) groups is 2. The van der Waals surface area contributed by atoms with E-state index in [9.17, 15) is 14.7 Å². The fourth-order valence-corrected chi connectivity index (χ4v) is 2.30. The quantitative estimate of drug-likeness (QED) is 0.752. The van der Waals surface area contributed by atoms with Crippen molar-refractivity contribution in [1.82, 2.24) is 9.80 Å². The highest BCUT2D eigenvalue weighted by Crippen LogP contribution is 2.11. The Kier molecular flexibility index (Phi) is 6.12. The monoisotopic (exact) mass is 256 g/mol. The summed E-state index contributed by atoms with van der Waals surface area (Å²) in [6, 6.07) is 0. The highest BCUT2D eigenvalue weighted by Gasteiger charge is 2.24. The van der Waals surface area contributed by atoms with Crippen molar-refractivity contribution in [2.75, 3.05) is 33.3 Å². The minimum absolute atomic E-state index is 0.0107. The molecule has 0 saturated carbocycles. The Morgan fingerprint density at radius 1 is 1.33 bits per heavy atom. The van der Waals surface area contributed by atoms with Gasteiger partial charge in [0.2, 0.25) is 11.8 Å². The van der Waals surface area contributed by atoms with Crippen LogP contribution in [0.1, 0.15) is 32.6 Å². The fraction of sp³-hybridized carbons (Fsp3) is 0.846. The first-order valence-corrected chi connectivity index (χ1v) is 6.73. The largest absolute Gasteiger partial charge is 0.396 e. The molecule has 104 valence electrons. The van der Waals surface area contributed by atoms with Crippen molar-refractivity contribution in [3.8, 4) is 0 Å². The standard InChI is InChI=1S/C13H24N2O3/c1-3-6-11(10-16)13(18)14(2)9-12(17)15-7-4-5-8-15/h11,16H,3-10H2,1-2H3. The van der Waals surface area contributed by atoms with E-state index in [0.717, 1.165) is 32.4 Å². The molecule has 1 aliphatic rings. The molecule has 18 heavy (non-hydrogen) atoms. The van der Waals surface area contributed by atoms with E-state index in [2.05, 4.69) is 0 Å². The van der Waals surface area contributed by atoms with Gasteiger partial charge in [-0.1, -0.05) is 13.3 Å². The third-order valence-electron chi connectivity index (χ3n) is 3.41. The first-order valence-electron chi connectivity index (χ1n) is 6.73. The van der Waals surface area contributed by atoms with Gasteiger partial charge in [-0.15, -0.1) is 0 Å². The molecule has 0 radical (unpaired) electrons. The van der Waals surface area contributed by atoms with Crippen LogP contribution in [0.15, 0.2) is 0 Å². The van der Waals surface area contributed by atoms with E-state index < -0.39 is 0 Å². The number of rotatable bonds is 6.